The Morgan fingerprint density at radius 3 is 3.15 bits per heavy atom. The van der Waals surface area contributed by atoms with Gasteiger partial charge in [-0.25, -0.2) is 4.98 Å². The van der Waals surface area contributed by atoms with Crippen LogP contribution >= 0.6 is 0 Å². The number of anilines is 1. The molecule has 0 fully saturated rings. The number of nitrogens with one attached hydrogen (secondary N) is 1. The molecule has 1 aromatic heterocycles. The molecular formula is C15H18N4O. The first-order valence-electron chi connectivity index (χ1n) is 6.66. The van der Waals surface area contributed by atoms with Crippen molar-refractivity contribution in [2.24, 2.45) is 0 Å². The summed E-state index contributed by atoms with van der Waals surface area (Å²) in [5, 5.41) is 11.8. The Morgan fingerprint density at radius 2 is 2.35 bits per heavy atom. The smallest absolute Gasteiger partial charge is 0.174 e. The molecule has 0 bridgehead atoms. The van der Waals surface area contributed by atoms with Gasteiger partial charge in [-0.05, 0) is 18.6 Å². The van der Waals surface area contributed by atoms with Gasteiger partial charge in [0.15, 0.2) is 6.61 Å². The molecule has 104 valence electrons. The minimum Gasteiger partial charge on any atom is -0.479 e. The molecule has 1 aromatic carbocycles. The summed E-state index contributed by atoms with van der Waals surface area (Å²) in [7, 11) is 0. The molecular weight excluding hydrogens is 252 g/mol. The third-order valence-corrected chi connectivity index (χ3v) is 2.87. The first-order chi connectivity index (χ1) is 9.83. The second kappa shape index (κ2) is 7.19. The average molecular weight is 270 g/mol. The average Bonchev–Trinajstić information content (AvgIpc) is 2.91. The fraction of sp³-hybridized carbons (Fsp3) is 0.333. The summed E-state index contributed by atoms with van der Waals surface area (Å²) in [6.07, 6.45) is 4.81. The lowest BCUT2D eigenvalue weighted by atomic mass is 10.3. The molecule has 0 aliphatic rings. The van der Waals surface area contributed by atoms with Gasteiger partial charge in [0.1, 0.15) is 11.8 Å². The van der Waals surface area contributed by atoms with Crippen LogP contribution in [0.4, 0.5) is 5.69 Å². The zero-order valence-electron chi connectivity index (χ0n) is 11.5. The van der Waals surface area contributed by atoms with Gasteiger partial charge in [0.25, 0.3) is 0 Å². The van der Waals surface area contributed by atoms with E-state index in [9.17, 15) is 0 Å². The van der Waals surface area contributed by atoms with Gasteiger partial charge >= 0.3 is 0 Å². The highest BCUT2D eigenvalue weighted by Gasteiger charge is 2.02. The molecule has 0 radical (unpaired) electrons. The number of nitrogens with zero attached hydrogens (tertiary/aromatic N) is 3. The zero-order chi connectivity index (χ0) is 14.2. The zero-order valence-corrected chi connectivity index (χ0v) is 11.5. The molecule has 0 amide bonds. The molecule has 2 aromatic rings. The van der Waals surface area contributed by atoms with Crippen LogP contribution in [0, 0.1) is 11.3 Å². The van der Waals surface area contributed by atoms with Crippen molar-refractivity contribution < 1.29 is 4.74 Å². The van der Waals surface area contributed by atoms with Crippen LogP contribution in [0.3, 0.4) is 0 Å². The van der Waals surface area contributed by atoms with E-state index in [2.05, 4.69) is 21.8 Å². The molecule has 0 saturated carbocycles. The van der Waals surface area contributed by atoms with Gasteiger partial charge in [0, 0.05) is 24.5 Å². The lowest BCUT2D eigenvalue weighted by molar-refractivity contribution is 0.368. The third kappa shape index (κ3) is 3.75. The van der Waals surface area contributed by atoms with Crippen LogP contribution in [0.15, 0.2) is 36.8 Å². The lowest BCUT2D eigenvalue weighted by Gasteiger charge is -2.10. The SMILES string of the molecule is CCCn1cncc1CNc1cccc(OCC#N)c1. The van der Waals surface area contributed by atoms with Crippen molar-refractivity contribution in [2.75, 3.05) is 11.9 Å². The molecule has 0 aliphatic carbocycles. The van der Waals surface area contributed by atoms with Gasteiger partial charge in [0.2, 0.25) is 0 Å². The number of hydrogen-bond donors (Lipinski definition) is 1. The predicted octanol–water partition coefficient (Wildman–Crippen LogP) is 2.81. The van der Waals surface area contributed by atoms with Crippen molar-refractivity contribution in [3.8, 4) is 11.8 Å². The van der Waals surface area contributed by atoms with Gasteiger partial charge in [0.05, 0.1) is 18.6 Å². The van der Waals surface area contributed by atoms with Crippen molar-refractivity contribution in [3.63, 3.8) is 0 Å². The van der Waals surface area contributed by atoms with E-state index in [0.717, 1.165) is 24.3 Å². The van der Waals surface area contributed by atoms with E-state index >= 15 is 0 Å². The van der Waals surface area contributed by atoms with E-state index in [1.807, 2.05) is 42.9 Å². The van der Waals surface area contributed by atoms with Crippen molar-refractivity contribution >= 4 is 5.69 Å². The number of aryl methyl sites for hydroxylation is 1. The fourth-order valence-corrected chi connectivity index (χ4v) is 1.94. The van der Waals surface area contributed by atoms with Gasteiger partial charge in [-0.2, -0.15) is 5.26 Å². The maximum absolute atomic E-state index is 8.51. The summed E-state index contributed by atoms with van der Waals surface area (Å²) in [5.41, 5.74) is 2.11. The Labute approximate surface area is 118 Å². The molecule has 20 heavy (non-hydrogen) atoms. The van der Waals surface area contributed by atoms with Crippen LogP contribution in [-0.2, 0) is 13.1 Å². The number of hydrogen-bond acceptors (Lipinski definition) is 4. The highest BCUT2D eigenvalue weighted by atomic mass is 16.5. The maximum Gasteiger partial charge on any atom is 0.174 e. The number of benzene rings is 1. The van der Waals surface area contributed by atoms with Crippen LogP contribution in [-0.4, -0.2) is 16.2 Å². The Morgan fingerprint density at radius 1 is 1.45 bits per heavy atom. The third-order valence-electron chi connectivity index (χ3n) is 2.87. The van der Waals surface area contributed by atoms with E-state index < -0.39 is 0 Å². The molecule has 2 rings (SSSR count). The van der Waals surface area contributed by atoms with Gasteiger partial charge in [-0.15, -0.1) is 0 Å². The highest BCUT2D eigenvalue weighted by Crippen LogP contribution is 2.18. The topological polar surface area (TPSA) is 62.9 Å². The summed E-state index contributed by atoms with van der Waals surface area (Å²) in [6, 6.07) is 9.55. The standard InChI is InChI=1S/C15H18N4O/c1-2-7-19-12-17-10-14(19)11-18-13-4-3-5-15(9-13)20-8-6-16/h3-5,9-10,12,18H,2,7-8,11H2,1H3. The summed E-state index contributed by atoms with van der Waals surface area (Å²) in [5.74, 6) is 0.693. The van der Waals surface area contributed by atoms with E-state index in [0.29, 0.717) is 12.3 Å². The van der Waals surface area contributed by atoms with Crippen LogP contribution < -0.4 is 10.1 Å². The maximum atomic E-state index is 8.51. The molecule has 0 saturated heterocycles. The summed E-state index contributed by atoms with van der Waals surface area (Å²) >= 11 is 0. The van der Waals surface area contributed by atoms with Gasteiger partial charge in [-0.1, -0.05) is 13.0 Å². The number of aromatic nitrogens is 2. The van der Waals surface area contributed by atoms with Crippen LogP contribution in [0.25, 0.3) is 0 Å². The second-order valence-electron chi connectivity index (χ2n) is 4.41. The number of nitriles is 1. The van der Waals surface area contributed by atoms with Crippen molar-refractivity contribution in [2.45, 2.75) is 26.4 Å². The first kappa shape index (κ1) is 13.9. The van der Waals surface area contributed by atoms with E-state index in [-0.39, 0.29) is 6.61 Å². The van der Waals surface area contributed by atoms with Crippen molar-refractivity contribution in [1.29, 1.82) is 5.26 Å². The monoisotopic (exact) mass is 270 g/mol. The minimum absolute atomic E-state index is 0.0622. The van der Waals surface area contributed by atoms with Crippen LogP contribution in [0.5, 0.6) is 5.75 Å². The van der Waals surface area contributed by atoms with Crippen molar-refractivity contribution in [3.05, 3.63) is 42.5 Å². The van der Waals surface area contributed by atoms with Crippen LogP contribution in [0.2, 0.25) is 0 Å². The quantitative estimate of drug-likeness (QED) is 0.840. The normalized spacial score (nSPS) is 10.0. The molecule has 5 heteroatoms. The van der Waals surface area contributed by atoms with E-state index in [4.69, 9.17) is 10.00 Å². The highest BCUT2D eigenvalue weighted by molar-refractivity contribution is 5.48. The van der Waals surface area contributed by atoms with Gasteiger partial charge in [-0.3, -0.25) is 0 Å². The Balaban J connectivity index is 1.96. The number of rotatable bonds is 7. The summed E-state index contributed by atoms with van der Waals surface area (Å²) in [4.78, 5) is 4.17. The Kier molecular flexibility index (Phi) is 5.01. The number of ether oxygens (including phenoxy) is 1. The van der Waals surface area contributed by atoms with E-state index in [1.54, 1.807) is 0 Å². The Bertz CT molecular complexity index is 586. The molecule has 0 aliphatic heterocycles. The molecule has 0 atom stereocenters. The van der Waals surface area contributed by atoms with E-state index in [1.165, 1.54) is 0 Å². The first-order valence-corrected chi connectivity index (χ1v) is 6.66. The molecule has 0 unspecified atom stereocenters. The second-order valence-corrected chi connectivity index (χ2v) is 4.41. The summed E-state index contributed by atoms with van der Waals surface area (Å²) < 4.78 is 7.42. The number of imidazole rings is 1. The van der Waals surface area contributed by atoms with Crippen molar-refractivity contribution in [1.82, 2.24) is 9.55 Å². The fourth-order valence-electron chi connectivity index (χ4n) is 1.94. The Hall–Kier alpha value is -2.48. The molecule has 5 nitrogen and oxygen atoms in total. The molecule has 0 spiro atoms. The predicted molar refractivity (Wildman–Crippen MR) is 77.4 cm³/mol. The summed E-state index contributed by atoms with van der Waals surface area (Å²) in [6.45, 7) is 3.89. The van der Waals surface area contributed by atoms with Gasteiger partial charge < -0.3 is 14.6 Å². The minimum atomic E-state index is 0.0622. The molecule has 1 N–H and O–H groups in total. The van der Waals surface area contributed by atoms with Crippen LogP contribution in [0.1, 0.15) is 19.0 Å². The molecule has 1 heterocycles. The largest absolute Gasteiger partial charge is 0.479 e. The lowest BCUT2D eigenvalue weighted by Crippen LogP contribution is -2.07.